The number of esters is 1. The molecule has 0 bridgehead atoms. The van der Waals surface area contributed by atoms with Crippen molar-refractivity contribution >= 4 is 11.9 Å². The fraction of sp³-hybridized carbons (Fsp3) is 0.333. The first-order chi connectivity index (χ1) is 11.7. The summed E-state index contributed by atoms with van der Waals surface area (Å²) in [5.41, 5.74) is 0. The van der Waals surface area contributed by atoms with Crippen LogP contribution >= 0.6 is 0 Å². The number of carbonyl (C=O) groups excluding carboxylic acids is 2. The average Bonchev–Trinajstić information content (AvgIpc) is 3.20. The van der Waals surface area contributed by atoms with Crippen molar-refractivity contribution in [1.82, 2.24) is 4.90 Å². The van der Waals surface area contributed by atoms with E-state index in [1.165, 1.54) is 0 Å². The van der Waals surface area contributed by atoms with Crippen molar-refractivity contribution in [2.24, 2.45) is 5.92 Å². The van der Waals surface area contributed by atoms with Gasteiger partial charge >= 0.3 is 5.97 Å². The minimum atomic E-state index is -0.484. The topological polar surface area (TPSA) is 69.0 Å². The molecule has 6 nitrogen and oxygen atoms in total. The van der Waals surface area contributed by atoms with Gasteiger partial charge in [-0.2, -0.15) is 0 Å². The van der Waals surface area contributed by atoms with Crippen LogP contribution in [0.2, 0.25) is 0 Å². The smallest absolute Gasteiger partial charge is 0.316 e. The molecule has 1 saturated heterocycles. The Balaban J connectivity index is 1.63. The second-order valence-electron chi connectivity index (χ2n) is 5.56. The third-order valence-corrected chi connectivity index (χ3v) is 3.83. The molecule has 126 valence electrons. The van der Waals surface area contributed by atoms with Crippen molar-refractivity contribution in [3.63, 3.8) is 0 Å². The van der Waals surface area contributed by atoms with Gasteiger partial charge in [-0.15, -0.1) is 0 Å². The Morgan fingerprint density at radius 2 is 2.04 bits per heavy atom. The van der Waals surface area contributed by atoms with Crippen molar-refractivity contribution in [1.29, 1.82) is 0 Å². The van der Waals surface area contributed by atoms with Crippen LogP contribution in [-0.4, -0.2) is 29.9 Å². The molecule has 2 heterocycles. The summed E-state index contributed by atoms with van der Waals surface area (Å²) in [4.78, 5) is 26.1. The number of nitrogens with zero attached hydrogens (tertiary/aromatic N) is 1. The van der Waals surface area contributed by atoms with E-state index in [4.69, 9.17) is 13.9 Å². The van der Waals surface area contributed by atoms with Crippen molar-refractivity contribution in [3.8, 4) is 11.5 Å². The number of ether oxygens (including phenoxy) is 2. The van der Waals surface area contributed by atoms with E-state index in [1.807, 2.05) is 13.0 Å². The third-order valence-electron chi connectivity index (χ3n) is 3.83. The van der Waals surface area contributed by atoms with E-state index in [9.17, 15) is 9.59 Å². The summed E-state index contributed by atoms with van der Waals surface area (Å²) in [5, 5.41) is 0. The lowest BCUT2D eigenvalue weighted by molar-refractivity contribution is -0.139. The molecule has 1 aromatic carbocycles. The van der Waals surface area contributed by atoms with E-state index in [-0.39, 0.29) is 12.3 Å². The zero-order valence-electron chi connectivity index (χ0n) is 13.4. The van der Waals surface area contributed by atoms with Crippen molar-refractivity contribution < 1.29 is 23.5 Å². The molecule has 2 aromatic rings. The Kier molecular flexibility index (Phi) is 4.84. The summed E-state index contributed by atoms with van der Waals surface area (Å²) < 4.78 is 16.1. The lowest BCUT2D eigenvalue weighted by Crippen LogP contribution is -2.27. The Hall–Kier alpha value is -2.76. The molecule has 24 heavy (non-hydrogen) atoms. The predicted octanol–water partition coefficient (Wildman–Crippen LogP) is 2.63. The molecule has 1 aromatic heterocycles. The number of para-hydroxylation sites is 2. The van der Waals surface area contributed by atoms with E-state index in [0.29, 0.717) is 37.0 Å². The molecule has 1 aliphatic rings. The summed E-state index contributed by atoms with van der Waals surface area (Å²) in [6.45, 7) is 3.04. The van der Waals surface area contributed by atoms with Crippen LogP contribution in [0.4, 0.5) is 0 Å². The largest absolute Gasteiger partial charge is 0.490 e. The van der Waals surface area contributed by atoms with Gasteiger partial charge in [0.15, 0.2) is 11.5 Å². The van der Waals surface area contributed by atoms with Crippen LogP contribution in [0.15, 0.2) is 47.1 Å². The van der Waals surface area contributed by atoms with Gasteiger partial charge in [0, 0.05) is 13.0 Å². The van der Waals surface area contributed by atoms with Gasteiger partial charge in [0.25, 0.3) is 0 Å². The van der Waals surface area contributed by atoms with Crippen LogP contribution in [0.1, 0.15) is 19.1 Å². The number of rotatable bonds is 6. The van der Waals surface area contributed by atoms with E-state index in [1.54, 1.807) is 41.5 Å². The molecule has 0 saturated carbocycles. The highest BCUT2D eigenvalue weighted by Crippen LogP contribution is 2.29. The maximum absolute atomic E-state index is 12.4. The first kappa shape index (κ1) is 16.1. The summed E-state index contributed by atoms with van der Waals surface area (Å²) in [7, 11) is 0. The van der Waals surface area contributed by atoms with Crippen LogP contribution < -0.4 is 9.47 Å². The van der Waals surface area contributed by atoms with Gasteiger partial charge in [-0.05, 0) is 31.2 Å². The third kappa shape index (κ3) is 3.59. The van der Waals surface area contributed by atoms with Crippen LogP contribution in [0.5, 0.6) is 11.5 Å². The maximum Gasteiger partial charge on any atom is 0.316 e. The van der Waals surface area contributed by atoms with Crippen molar-refractivity contribution in [2.45, 2.75) is 19.9 Å². The molecule has 3 rings (SSSR count). The predicted molar refractivity (Wildman–Crippen MR) is 85.5 cm³/mol. The molecule has 0 N–H and O–H groups in total. The summed E-state index contributed by atoms with van der Waals surface area (Å²) in [6.07, 6.45) is 1.71. The standard InChI is InChI=1S/C18H19NO5/c1-2-22-15-7-3-4-8-16(15)24-18(21)13-10-17(20)19(11-13)12-14-6-5-9-23-14/h3-9,13H,2,10-12H2,1H3. The zero-order chi connectivity index (χ0) is 16.9. The van der Waals surface area contributed by atoms with E-state index in [0.717, 1.165) is 0 Å². The molecule has 1 aliphatic heterocycles. The molecule has 1 fully saturated rings. The lowest BCUT2D eigenvalue weighted by Gasteiger charge is -2.15. The first-order valence-corrected chi connectivity index (χ1v) is 7.91. The van der Waals surface area contributed by atoms with Gasteiger partial charge < -0.3 is 18.8 Å². The van der Waals surface area contributed by atoms with Gasteiger partial charge in [0.2, 0.25) is 5.91 Å². The highest BCUT2D eigenvalue weighted by Gasteiger charge is 2.36. The molecular formula is C18H19NO5. The van der Waals surface area contributed by atoms with E-state index < -0.39 is 11.9 Å². The highest BCUT2D eigenvalue weighted by molar-refractivity contribution is 5.87. The van der Waals surface area contributed by atoms with Crippen molar-refractivity contribution in [3.05, 3.63) is 48.4 Å². The quantitative estimate of drug-likeness (QED) is 0.602. The number of furan rings is 1. The van der Waals surface area contributed by atoms with E-state index in [2.05, 4.69) is 0 Å². The Morgan fingerprint density at radius 3 is 2.75 bits per heavy atom. The maximum atomic E-state index is 12.4. The summed E-state index contributed by atoms with van der Waals surface area (Å²) in [6, 6.07) is 10.6. The van der Waals surface area contributed by atoms with Crippen LogP contribution in [-0.2, 0) is 16.1 Å². The lowest BCUT2D eigenvalue weighted by atomic mass is 10.1. The van der Waals surface area contributed by atoms with Crippen LogP contribution in [0, 0.1) is 5.92 Å². The zero-order valence-corrected chi connectivity index (χ0v) is 13.4. The van der Waals surface area contributed by atoms with Crippen LogP contribution in [0.25, 0.3) is 0 Å². The molecular weight excluding hydrogens is 310 g/mol. The fourth-order valence-electron chi connectivity index (χ4n) is 2.67. The fourth-order valence-corrected chi connectivity index (χ4v) is 2.67. The molecule has 6 heteroatoms. The molecule has 0 aliphatic carbocycles. The molecule has 1 atom stereocenters. The average molecular weight is 329 g/mol. The Labute approximate surface area is 140 Å². The molecule has 0 spiro atoms. The molecule has 1 unspecified atom stereocenters. The number of amides is 1. The van der Waals surface area contributed by atoms with Gasteiger partial charge in [0.1, 0.15) is 5.76 Å². The monoisotopic (exact) mass is 329 g/mol. The number of benzene rings is 1. The van der Waals surface area contributed by atoms with Gasteiger partial charge in [0.05, 0.1) is 25.3 Å². The molecule has 0 radical (unpaired) electrons. The van der Waals surface area contributed by atoms with E-state index >= 15 is 0 Å². The highest BCUT2D eigenvalue weighted by atomic mass is 16.6. The SMILES string of the molecule is CCOc1ccccc1OC(=O)C1CC(=O)N(Cc2ccco2)C1. The number of likely N-dealkylation sites (tertiary alicyclic amines) is 1. The first-order valence-electron chi connectivity index (χ1n) is 7.91. The Morgan fingerprint density at radius 1 is 1.25 bits per heavy atom. The van der Waals surface area contributed by atoms with Crippen molar-refractivity contribution in [2.75, 3.05) is 13.2 Å². The van der Waals surface area contributed by atoms with Gasteiger partial charge in [-0.1, -0.05) is 12.1 Å². The van der Waals surface area contributed by atoms with Gasteiger partial charge in [-0.3, -0.25) is 9.59 Å². The number of carbonyl (C=O) groups is 2. The second-order valence-corrected chi connectivity index (χ2v) is 5.56. The summed E-state index contributed by atoms with van der Waals surface area (Å²) >= 11 is 0. The van der Waals surface area contributed by atoms with Crippen LogP contribution in [0.3, 0.4) is 0 Å². The molecule has 1 amide bonds. The number of hydrogen-bond donors (Lipinski definition) is 0. The minimum absolute atomic E-state index is 0.0774. The second kappa shape index (κ2) is 7.21. The summed E-state index contributed by atoms with van der Waals surface area (Å²) in [5.74, 6) is 0.608. The normalized spacial score (nSPS) is 17.1. The van der Waals surface area contributed by atoms with Gasteiger partial charge in [-0.25, -0.2) is 0 Å². The minimum Gasteiger partial charge on any atom is -0.490 e. The Bertz CT molecular complexity index is 710. The number of hydrogen-bond acceptors (Lipinski definition) is 5.